The first-order valence-electron chi connectivity index (χ1n) is 6.26. The Balaban J connectivity index is 1.64. The van der Waals surface area contributed by atoms with E-state index in [4.69, 9.17) is 4.84 Å². The third-order valence-electron chi connectivity index (χ3n) is 2.88. The molecule has 2 rings (SSSR count). The lowest BCUT2D eigenvalue weighted by Crippen LogP contribution is -2.18. The normalized spacial score (nSPS) is 18.6. The van der Waals surface area contributed by atoms with Crippen LogP contribution in [-0.2, 0) is 4.79 Å². The van der Waals surface area contributed by atoms with E-state index < -0.39 is 5.97 Å². The number of rotatable bonds is 6. The molecule has 1 aliphatic heterocycles. The van der Waals surface area contributed by atoms with Crippen LogP contribution >= 0.6 is 21.6 Å². The quantitative estimate of drug-likeness (QED) is 0.621. The van der Waals surface area contributed by atoms with Crippen LogP contribution in [0.15, 0.2) is 12.1 Å². The summed E-state index contributed by atoms with van der Waals surface area (Å²) in [5, 5.41) is 19.4. The maximum absolute atomic E-state index is 11.5. The van der Waals surface area contributed by atoms with E-state index in [1.165, 1.54) is 24.3 Å². The van der Waals surface area contributed by atoms with Crippen molar-refractivity contribution in [3.05, 3.63) is 12.1 Å². The molecule has 0 spiro atoms. The zero-order chi connectivity index (χ0) is 13.7. The van der Waals surface area contributed by atoms with Gasteiger partial charge in [0.05, 0.1) is 0 Å². The van der Waals surface area contributed by atoms with Crippen LogP contribution in [0.25, 0.3) is 0 Å². The molecular formula is C12H17NO4S2. The van der Waals surface area contributed by atoms with Crippen molar-refractivity contribution in [1.82, 2.24) is 4.73 Å². The number of nitrogens with zero attached hydrogens (tertiary/aromatic N) is 1. The number of carbonyl (C=O) groups excluding carboxylic acids is 1. The number of hydrogen-bond donors (Lipinski definition) is 2. The Morgan fingerprint density at radius 2 is 2.11 bits per heavy atom. The molecule has 0 saturated carbocycles. The summed E-state index contributed by atoms with van der Waals surface area (Å²) in [4.78, 5) is 16.4. The predicted molar refractivity (Wildman–Crippen MR) is 76.3 cm³/mol. The van der Waals surface area contributed by atoms with Gasteiger partial charge in [0, 0.05) is 29.6 Å². The minimum Gasteiger partial charge on any atom is -0.492 e. The molecule has 1 saturated heterocycles. The van der Waals surface area contributed by atoms with Gasteiger partial charge in [-0.3, -0.25) is 0 Å². The summed E-state index contributed by atoms with van der Waals surface area (Å²) in [5.41, 5.74) is 0. The van der Waals surface area contributed by atoms with E-state index >= 15 is 0 Å². The molecule has 0 amide bonds. The molecule has 1 aromatic heterocycles. The molecule has 7 heteroatoms. The summed E-state index contributed by atoms with van der Waals surface area (Å²) in [6.07, 6.45) is 4.44. The van der Waals surface area contributed by atoms with E-state index in [9.17, 15) is 15.0 Å². The number of aromatic hydroxyl groups is 2. The topological polar surface area (TPSA) is 71.7 Å². The highest BCUT2D eigenvalue weighted by molar-refractivity contribution is 8.77. The molecule has 1 fully saturated rings. The van der Waals surface area contributed by atoms with Crippen LogP contribution in [0.3, 0.4) is 0 Å². The van der Waals surface area contributed by atoms with E-state index in [1.807, 2.05) is 21.6 Å². The molecule has 19 heavy (non-hydrogen) atoms. The molecule has 1 unspecified atom stereocenters. The first kappa shape index (κ1) is 14.5. The molecule has 0 radical (unpaired) electrons. The number of carbonyl (C=O) groups is 1. The Morgan fingerprint density at radius 3 is 2.74 bits per heavy atom. The minimum absolute atomic E-state index is 0.287. The van der Waals surface area contributed by atoms with Gasteiger partial charge in [-0.15, -0.1) is 4.73 Å². The van der Waals surface area contributed by atoms with Crippen LogP contribution in [0.4, 0.5) is 0 Å². The van der Waals surface area contributed by atoms with Gasteiger partial charge in [-0.05, 0) is 19.3 Å². The second-order valence-corrected chi connectivity index (χ2v) is 7.17. The van der Waals surface area contributed by atoms with Gasteiger partial charge in [-0.25, -0.2) is 4.79 Å². The smallest absolute Gasteiger partial charge is 0.333 e. The summed E-state index contributed by atoms with van der Waals surface area (Å²) < 4.78 is 0.728. The molecular weight excluding hydrogens is 286 g/mol. The third kappa shape index (κ3) is 4.28. The fraction of sp³-hybridized carbons (Fsp3) is 0.583. The van der Waals surface area contributed by atoms with Crippen molar-refractivity contribution in [2.45, 2.75) is 37.4 Å². The SMILES string of the molecule is O=C(CCCCC1CCSS1)On1c(O)ccc1O. The lowest BCUT2D eigenvalue weighted by atomic mass is 10.1. The zero-order valence-corrected chi connectivity index (χ0v) is 12.1. The highest BCUT2D eigenvalue weighted by atomic mass is 33.1. The maximum Gasteiger partial charge on any atom is 0.333 e. The monoisotopic (exact) mass is 303 g/mol. The van der Waals surface area contributed by atoms with Crippen molar-refractivity contribution in [3.63, 3.8) is 0 Å². The third-order valence-corrected chi connectivity index (χ3v) is 5.88. The van der Waals surface area contributed by atoms with Gasteiger partial charge in [-0.2, -0.15) is 0 Å². The summed E-state index contributed by atoms with van der Waals surface area (Å²) >= 11 is 0. The second-order valence-electron chi connectivity index (χ2n) is 4.38. The molecule has 1 aliphatic rings. The van der Waals surface area contributed by atoms with Crippen molar-refractivity contribution >= 4 is 27.6 Å². The molecule has 1 atom stereocenters. The molecule has 5 nitrogen and oxygen atoms in total. The standard InChI is InChI=1S/C12H17NO4S2/c14-10-5-6-11(15)13(10)17-12(16)4-2-1-3-9-7-8-18-19-9/h5-6,9,14-15H,1-4,7-8H2. The molecule has 0 aliphatic carbocycles. The van der Waals surface area contributed by atoms with E-state index in [0.29, 0.717) is 6.42 Å². The number of unbranched alkanes of at least 4 members (excludes halogenated alkanes) is 1. The molecule has 0 aromatic carbocycles. The highest BCUT2D eigenvalue weighted by Gasteiger charge is 2.16. The van der Waals surface area contributed by atoms with Gasteiger partial charge in [0.2, 0.25) is 11.8 Å². The van der Waals surface area contributed by atoms with E-state index in [0.717, 1.165) is 29.2 Å². The Kier molecular flexibility index (Phi) is 5.33. The van der Waals surface area contributed by atoms with Crippen molar-refractivity contribution in [1.29, 1.82) is 0 Å². The molecule has 106 valence electrons. The molecule has 1 aromatic rings. The predicted octanol–water partition coefficient (Wildman–Crippen LogP) is 2.57. The van der Waals surface area contributed by atoms with Crippen LogP contribution in [0.2, 0.25) is 0 Å². The summed E-state index contributed by atoms with van der Waals surface area (Å²) in [7, 11) is 3.86. The Morgan fingerprint density at radius 1 is 1.37 bits per heavy atom. The van der Waals surface area contributed by atoms with Gasteiger partial charge in [0.1, 0.15) is 0 Å². The summed E-state index contributed by atoms with van der Waals surface area (Å²) in [6, 6.07) is 2.52. The second kappa shape index (κ2) is 7.00. The van der Waals surface area contributed by atoms with E-state index in [1.54, 1.807) is 0 Å². The zero-order valence-electron chi connectivity index (χ0n) is 10.4. The van der Waals surface area contributed by atoms with Gasteiger partial charge >= 0.3 is 5.97 Å². The van der Waals surface area contributed by atoms with Crippen molar-refractivity contribution in [2.24, 2.45) is 0 Å². The fourth-order valence-corrected chi connectivity index (χ4v) is 4.88. The maximum atomic E-state index is 11.5. The summed E-state index contributed by atoms with van der Waals surface area (Å²) in [5.74, 6) is 0.203. The van der Waals surface area contributed by atoms with Gasteiger partial charge in [-0.1, -0.05) is 28.0 Å². The molecule has 2 heterocycles. The molecule has 0 bridgehead atoms. The average molecular weight is 303 g/mol. The van der Waals surface area contributed by atoms with Gasteiger partial charge in [0.15, 0.2) is 0 Å². The Bertz CT molecular complexity index is 410. The van der Waals surface area contributed by atoms with E-state index in [-0.39, 0.29) is 11.8 Å². The van der Waals surface area contributed by atoms with Crippen LogP contribution < -0.4 is 4.84 Å². The van der Waals surface area contributed by atoms with Crippen LogP contribution in [-0.4, -0.2) is 31.9 Å². The Labute approximate surface area is 119 Å². The van der Waals surface area contributed by atoms with Crippen LogP contribution in [0.5, 0.6) is 11.8 Å². The number of hydrogen-bond acceptors (Lipinski definition) is 6. The van der Waals surface area contributed by atoms with Crippen LogP contribution in [0.1, 0.15) is 32.1 Å². The van der Waals surface area contributed by atoms with Crippen molar-refractivity contribution < 1.29 is 19.8 Å². The first-order chi connectivity index (χ1) is 9.16. The average Bonchev–Trinajstić information content (AvgIpc) is 3.00. The largest absolute Gasteiger partial charge is 0.492 e. The van der Waals surface area contributed by atoms with Gasteiger partial charge in [0.25, 0.3) is 0 Å². The lowest BCUT2D eigenvalue weighted by Gasteiger charge is -2.08. The van der Waals surface area contributed by atoms with Crippen molar-refractivity contribution in [3.8, 4) is 11.8 Å². The van der Waals surface area contributed by atoms with E-state index in [2.05, 4.69) is 0 Å². The van der Waals surface area contributed by atoms with Crippen molar-refractivity contribution in [2.75, 3.05) is 5.75 Å². The van der Waals surface area contributed by atoms with Gasteiger partial charge < -0.3 is 15.1 Å². The fourth-order valence-electron chi connectivity index (χ4n) is 1.85. The first-order valence-corrected chi connectivity index (χ1v) is 8.64. The highest BCUT2D eigenvalue weighted by Crippen LogP contribution is 2.39. The van der Waals surface area contributed by atoms with Crippen LogP contribution in [0, 0.1) is 0 Å². The lowest BCUT2D eigenvalue weighted by molar-refractivity contribution is -0.145. The molecule has 2 N–H and O–H groups in total. The summed E-state index contributed by atoms with van der Waals surface area (Å²) in [6.45, 7) is 0. The number of aromatic nitrogens is 1. The minimum atomic E-state index is -0.449. The Hall–Kier alpha value is -0.950.